The molecule has 0 radical (unpaired) electrons. The van der Waals surface area contributed by atoms with Crippen LogP contribution in [0.3, 0.4) is 0 Å². The molecule has 1 aromatic heterocycles. The number of carbonyl (C=O) groups is 1. The number of hydrogen-bond donors (Lipinski definition) is 3. The smallest absolute Gasteiger partial charge is 0.266 e. The molecule has 0 unspecified atom stereocenters. The van der Waals surface area contributed by atoms with Crippen LogP contribution in [0.4, 0.5) is 9.52 Å². The third-order valence-electron chi connectivity index (χ3n) is 4.27. The van der Waals surface area contributed by atoms with E-state index in [0.717, 1.165) is 29.0 Å². The molecule has 4 N–H and O–H groups in total. The van der Waals surface area contributed by atoms with Crippen LogP contribution in [0.25, 0.3) is 0 Å². The maximum absolute atomic E-state index is 14.7. The van der Waals surface area contributed by atoms with Gasteiger partial charge >= 0.3 is 0 Å². The van der Waals surface area contributed by atoms with E-state index in [9.17, 15) is 17.6 Å². The number of anilines is 1. The van der Waals surface area contributed by atoms with Crippen LogP contribution in [-0.4, -0.2) is 32.4 Å². The van der Waals surface area contributed by atoms with E-state index in [1.54, 1.807) is 23.6 Å². The zero-order valence-corrected chi connectivity index (χ0v) is 20.1. The molecule has 3 rings (SSSR count). The number of benzene rings is 2. The number of sulfonamides is 1. The Kier molecular flexibility index (Phi) is 8.49. The molecule has 33 heavy (non-hydrogen) atoms. The summed E-state index contributed by atoms with van der Waals surface area (Å²) in [7, 11) is -4.24. The van der Waals surface area contributed by atoms with Gasteiger partial charge in [0.1, 0.15) is 22.2 Å². The van der Waals surface area contributed by atoms with Crippen molar-refractivity contribution in [3.05, 3.63) is 63.3 Å². The molecule has 0 fully saturated rings. The predicted molar refractivity (Wildman–Crippen MR) is 126 cm³/mol. The number of carbonyl (C=O) groups excluding carboxylic acids is 1. The second-order valence-electron chi connectivity index (χ2n) is 6.76. The Morgan fingerprint density at radius 3 is 2.70 bits per heavy atom. The summed E-state index contributed by atoms with van der Waals surface area (Å²) in [6, 6.07) is 6.80. The highest BCUT2D eigenvalue weighted by atomic mass is 35.5. The van der Waals surface area contributed by atoms with Gasteiger partial charge in [-0.3, -0.25) is 9.52 Å². The van der Waals surface area contributed by atoms with Gasteiger partial charge in [-0.2, -0.15) is 0 Å². The lowest BCUT2D eigenvalue weighted by Gasteiger charge is -2.14. The Labute approximate surface area is 203 Å². The fourth-order valence-corrected chi connectivity index (χ4v) is 5.15. The van der Waals surface area contributed by atoms with E-state index >= 15 is 0 Å². The molecule has 3 aromatic rings. The molecule has 0 aliphatic heterocycles. The second kappa shape index (κ2) is 11.1. The highest BCUT2D eigenvalue weighted by Gasteiger charge is 2.23. The average Bonchev–Trinajstić information content (AvgIpc) is 3.23. The van der Waals surface area contributed by atoms with Crippen molar-refractivity contribution in [3.8, 4) is 11.5 Å². The molecule has 0 bridgehead atoms. The van der Waals surface area contributed by atoms with Crippen LogP contribution in [0.15, 0.2) is 46.8 Å². The van der Waals surface area contributed by atoms with Gasteiger partial charge in [0.25, 0.3) is 10.0 Å². The molecule has 0 aliphatic rings. The van der Waals surface area contributed by atoms with Gasteiger partial charge in [-0.25, -0.2) is 17.8 Å². The van der Waals surface area contributed by atoms with E-state index in [1.807, 2.05) is 0 Å². The van der Waals surface area contributed by atoms with Crippen LogP contribution in [0.1, 0.15) is 12.0 Å². The second-order valence-corrected chi connectivity index (χ2v) is 10.1. The highest BCUT2D eigenvalue weighted by Crippen LogP contribution is 2.36. The minimum Gasteiger partial charge on any atom is -0.455 e. The molecule has 8 nitrogen and oxygen atoms in total. The van der Waals surface area contributed by atoms with Crippen LogP contribution in [0, 0.1) is 5.82 Å². The number of primary amides is 1. The summed E-state index contributed by atoms with van der Waals surface area (Å²) in [6.07, 6.45) is 2.60. The molecule has 0 spiro atoms. The van der Waals surface area contributed by atoms with Crippen molar-refractivity contribution in [1.82, 2.24) is 10.3 Å². The quantitative estimate of drug-likeness (QED) is 0.318. The number of nitrogens with zero attached hydrogens (tertiary/aromatic N) is 1. The Bertz CT molecular complexity index is 1240. The number of aromatic nitrogens is 1. The number of nitrogens with one attached hydrogen (secondary N) is 2. The van der Waals surface area contributed by atoms with Gasteiger partial charge in [0.15, 0.2) is 5.13 Å². The maximum Gasteiger partial charge on any atom is 0.266 e. The summed E-state index contributed by atoms with van der Waals surface area (Å²) >= 11 is 13.4. The van der Waals surface area contributed by atoms with Crippen LogP contribution >= 0.6 is 34.5 Å². The monoisotopic (exact) mass is 532 g/mol. The molecule has 0 atom stereocenters. The lowest BCUT2D eigenvalue weighted by molar-refractivity contribution is -0.117. The Morgan fingerprint density at radius 1 is 1.21 bits per heavy atom. The zero-order chi connectivity index (χ0) is 24.0. The van der Waals surface area contributed by atoms with Crippen molar-refractivity contribution in [2.75, 3.05) is 17.8 Å². The number of aryl methyl sites for hydroxylation is 1. The molecule has 0 saturated carbocycles. The molecule has 0 aliphatic carbocycles. The summed E-state index contributed by atoms with van der Waals surface area (Å²) < 4.78 is 47.8. The SMILES string of the molecule is NC(=O)CNCCCc1cc(Cl)ccc1Oc1cc(F)c(S(=O)(=O)Nc2nccs2)cc1Cl. The summed E-state index contributed by atoms with van der Waals surface area (Å²) in [5, 5.41) is 4.97. The zero-order valence-electron chi connectivity index (χ0n) is 17.0. The summed E-state index contributed by atoms with van der Waals surface area (Å²) in [6.45, 7) is 0.601. The third-order valence-corrected chi connectivity index (χ3v) is 6.97. The lowest BCUT2D eigenvalue weighted by atomic mass is 10.1. The van der Waals surface area contributed by atoms with Gasteiger partial charge in [-0.15, -0.1) is 11.3 Å². The van der Waals surface area contributed by atoms with Gasteiger partial charge in [0.05, 0.1) is 11.6 Å². The molecule has 2 aromatic carbocycles. The van der Waals surface area contributed by atoms with Crippen LogP contribution in [0.5, 0.6) is 11.5 Å². The minimum absolute atomic E-state index is 0.0576. The number of thiazole rings is 1. The molecule has 0 saturated heterocycles. The number of hydrogen-bond acceptors (Lipinski definition) is 7. The van der Waals surface area contributed by atoms with Crippen molar-refractivity contribution in [2.45, 2.75) is 17.7 Å². The lowest BCUT2D eigenvalue weighted by Crippen LogP contribution is -2.29. The van der Waals surface area contributed by atoms with Crippen molar-refractivity contribution >= 4 is 55.6 Å². The number of halogens is 3. The van der Waals surface area contributed by atoms with E-state index in [4.69, 9.17) is 33.7 Å². The number of ether oxygens (including phenoxy) is 1. The number of nitrogens with two attached hydrogens (primary N) is 1. The van der Waals surface area contributed by atoms with Crippen LogP contribution in [-0.2, 0) is 21.2 Å². The molecular weight excluding hydrogens is 514 g/mol. The van der Waals surface area contributed by atoms with E-state index in [2.05, 4.69) is 15.0 Å². The fourth-order valence-electron chi connectivity index (χ4n) is 2.82. The first-order chi connectivity index (χ1) is 15.7. The van der Waals surface area contributed by atoms with Gasteiger partial charge in [-0.1, -0.05) is 23.2 Å². The van der Waals surface area contributed by atoms with Crippen LogP contribution in [0.2, 0.25) is 10.0 Å². The maximum atomic E-state index is 14.7. The van der Waals surface area contributed by atoms with Crippen molar-refractivity contribution in [1.29, 1.82) is 0 Å². The van der Waals surface area contributed by atoms with Gasteiger partial charge in [0, 0.05) is 22.7 Å². The molecular formula is C20H19Cl2FN4O4S2. The molecule has 13 heteroatoms. The van der Waals surface area contributed by atoms with Crippen molar-refractivity contribution in [2.24, 2.45) is 5.73 Å². The van der Waals surface area contributed by atoms with Crippen molar-refractivity contribution in [3.63, 3.8) is 0 Å². The largest absolute Gasteiger partial charge is 0.455 e. The predicted octanol–water partition coefficient (Wildman–Crippen LogP) is 4.19. The number of amides is 1. The minimum atomic E-state index is -4.24. The van der Waals surface area contributed by atoms with E-state index in [0.29, 0.717) is 30.2 Å². The normalized spacial score (nSPS) is 11.4. The van der Waals surface area contributed by atoms with Gasteiger partial charge in [0.2, 0.25) is 5.91 Å². The van der Waals surface area contributed by atoms with E-state index in [1.165, 1.54) is 6.20 Å². The highest BCUT2D eigenvalue weighted by molar-refractivity contribution is 7.93. The first kappa shape index (κ1) is 25.2. The summed E-state index contributed by atoms with van der Waals surface area (Å²) in [5.41, 5.74) is 5.81. The van der Waals surface area contributed by atoms with E-state index in [-0.39, 0.29) is 22.4 Å². The first-order valence-electron chi connectivity index (χ1n) is 9.52. The number of rotatable bonds is 11. The summed E-state index contributed by atoms with van der Waals surface area (Å²) in [5.74, 6) is -1.17. The topological polar surface area (TPSA) is 123 Å². The molecule has 1 amide bonds. The Morgan fingerprint density at radius 2 is 2.00 bits per heavy atom. The average molecular weight is 533 g/mol. The standard InChI is InChI=1S/C20H19Cl2FN4O4S2/c21-13-3-4-16(12(8-13)2-1-5-25-11-19(24)28)31-17-10-15(23)18(9-14(17)22)33(29,30)27-20-26-6-7-32-20/h3-4,6-10,25H,1-2,5,11H2,(H2,24,28)(H,26,27). The van der Waals surface area contributed by atoms with Gasteiger partial charge < -0.3 is 15.8 Å². The van der Waals surface area contributed by atoms with E-state index < -0.39 is 26.6 Å². The molecule has 176 valence electrons. The van der Waals surface area contributed by atoms with Crippen LogP contribution < -0.4 is 20.5 Å². The Balaban J connectivity index is 1.78. The third kappa shape index (κ3) is 7.02. The fraction of sp³-hybridized carbons (Fsp3) is 0.200. The van der Waals surface area contributed by atoms with Gasteiger partial charge in [-0.05, 0) is 49.2 Å². The Hall–Kier alpha value is -2.44. The first-order valence-corrected chi connectivity index (χ1v) is 12.6. The molecule has 1 heterocycles. The van der Waals surface area contributed by atoms with Crippen molar-refractivity contribution < 1.29 is 22.3 Å². The summed E-state index contributed by atoms with van der Waals surface area (Å²) in [4.78, 5) is 14.0.